The standard InChI is InChI=1S/C26H30ClN3O5/c1-17-16-35-14-13-30(17)23-8-7-21(15-22(23)27)28-24(31)25(32)29-11-9-19(10-12-29)18-3-5-20(6-4-18)26(33)34-2/h3-8,15,17,19H,9-14,16H2,1-2H3,(H,28,31). The van der Waals surface area contributed by atoms with Crippen LogP contribution in [0.5, 0.6) is 0 Å². The van der Waals surface area contributed by atoms with Gasteiger partial charge in [0.15, 0.2) is 0 Å². The van der Waals surface area contributed by atoms with Crippen molar-refractivity contribution in [3.8, 4) is 0 Å². The average molecular weight is 500 g/mol. The number of nitrogens with one attached hydrogen (secondary N) is 1. The van der Waals surface area contributed by atoms with Gasteiger partial charge in [0.1, 0.15) is 0 Å². The fourth-order valence-corrected chi connectivity index (χ4v) is 4.95. The molecule has 2 amide bonds. The van der Waals surface area contributed by atoms with Crippen LogP contribution in [0.25, 0.3) is 0 Å². The van der Waals surface area contributed by atoms with Gasteiger partial charge >= 0.3 is 17.8 Å². The van der Waals surface area contributed by atoms with Crippen LogP contribution in [0.15, 0.2) is 42.5 Å². The monoisotopic (exact) mass is 499 g/mol. The molecule has 8 nitrogen and oxygen atoms in total. The highest BCUT2D eigenvalue weighted by Gasteiger charge is 2.28. The van der Waals surface area contributed by atoms with E-state index in [1.165, 1.54) is 7.11 Å². The number of hydrogen-bond donors (Lipinski definition) is 1. The van der Waals surface area contributed by atoms with Crippen molar-refractivity contribution in [1.29, 1.82) is 0 Å². The lowest BCUT2D eigenvalue weighted by atomic mass is 9.89. The van der Waals surface area contributed by atoms with E-state index in [-0.39, 0.29) is 17.9 Å². The SMILES string of the molecule is COC(=O)c1ccc(C2CCN(C(=O)C(=O)Nc3ccc(N4CCOCC4C)c(Cl)c3)CC2)cc1. The fraction of sp³-hybridized carbons (Fsp3) is 0.423. The van der Waals surface area contributed by atoms with Crippen LogP contribution in [0.1, 0.15) is 41.6 Å². The molecule has 2 fully saturated rings. The molecule has 1 atom stereocenters. The van der Waals surface area contributed by atoms with Crippen LogP contribution in [-0.4, -0.2) is 68.7 Å². The topological polar surface area (TPSA) is 88.2 Å². The van der Waals surface area contributed by atoms with E-state index in [1.54, 1.807) is 29.2 Å². The molecule has 35 heavy (non-hydrogen) atoms. The number of carbonyl (C=O) groups is 3. The number of benzene rings is 2. The Bertz CT molecular complexity index is 1080. The second kappa shape index (κ2) is 11.1. The van der Waals surface area contributed by atoms with E-state index >= 15 is 0 Å². The smallest absolute Gasteiger partial charge is 0.337 e. The first-order valence-electron chi connectivity index (χ1n) is 11.8. The van der Waals surface area contributed by atoms with Crippen molar-refractivity contribution in [3.63, 3.8) is 0 Å². The zero-order chi connectivity index (χ0) is 24.9. The second-order valence-corrected chi connectivity index (χ2v) is 9.32. The Hall–Kier alpha value is -3.10. The molecule has 0 aromatic heterocycles. The number of amides is 2. The number of methoxy groups -OCH3 is 1. The summed E-state index contributed by atoms with van der Waals surface area (Å²) in [6.45, 7) is 5.08. The molecule has 2 aromatic carbocycles. The number of carbonyl (C=O) groups excluding carboxylic acids is 3. The normalized spacial score (nSPS) is 18.8. The molecule has 0 aliphatic carbocycles. The number of ether oxygens (including phenoxy) is 2. The number of likely N-dealkylation sites (tertiary alicyclic amines) is 1. The summed E-state index contributed by atoms with van der Waals surface area (Å²) in [5.41, 5.74) is 2.98. The summed E-state index contributed by atoms with van der Waals surface area (Å²) in [7, 11) is 1.36. The van der Waals surface area contributed by atoms with Crippen LogP contribution in [-0.2, 0) is 19.1 Å². The molecule has 186 valence electrons. The number of rotatable bonds is 4. The van der Waals surface area contributed by atoms with E-state index in [0.717, 1.165) is 30.6 Å². The van der Waals surface area contributed by atoms with Crippen LogP contribution in [0.4, 0.5) is 11.4 Å². The van der Waals surface area contributed by atoms with Crippen LogP contribution >= 0.6 is 11.6 Å². The molecule has 0 saturated carbocycles. The molecule has 2 saturated heterocycles. The lowest BCUT2D eigenvalue weighted by molar-refractivity contribution is -0.143. The van der Waals surface area contributed by atoms with Crippen molar-refractivity contribution >= 4 is 40.8 Å². The Labute approximate surface area is 210 Å². The molecule has 1 unspecified atom stereocenters. The molecule has 0 bridgehead atoms. The predicted molar refractivity (Wildman–Crippen MR) is 134 cm³/mol. The number of anilines is 2. The highest BCUT2D eigenvalue weighted by atomic mass is 35.5. The molecule has 0 radical (unpaired) electrons. The number of esters is 1. The minimum Gasteiger partial charge on any atom is -0.465 e. The first kappa shape index (κ1) is 25.0. The maximum Gasteiger partial charge on any atom is 0.337 e. The number of morpholine rings is 1. The largest absolute Gasteiger partial charge is 0.465 e. The lowest BCUT2D eigenvalue weighted by Gasteiger charge is -2.35. The second-order valence-electron chi connectivity index (χ2n) is 8.92. The van der Waals surface area contributed by atoms with Crippen molar-refractivity contribution in [1.82, 2.24) is 4.90 Å². The molecule has 4 rings (SSSR count). The van der Waals surface area contributed by atoms with Gasteiger partial charge in [0.05, 0.1) is 36.6 Å². The first-order chi connectivity index (χ1) is 16.9. The number of halogens is 1. The summed E-state index contributed by atoms with van der Waals surface area (Å²) < 4.78 is 10.2. The third-order valence-corrected chi connectivity index (χ3v) is 6.96. The zero-order valence-corrected chi connectivity index (χ0v) is 20.7. The van der Waals surface area contributed by atoms with Gasteiger partial charge in [-0.15, -0.1) is 0 Å². The molecule has 1 N–H and O–H groups in total. The summed E-state index contributed by atoms with van der Waals surface area (Å²) >= 11 is 6.49. The Kier molecular flexibility index (Phi) is 7.93. The Morgan fingerprint density at radius 2 is 1.77 bits per heavy atom. The Balaban J connectivity index is 1.31. The molecule has 2 aliphatic heterocycles. The average Bonchev–Trinajstić information content (AvgIpc) is 2.88. The summed E-state index contributed by atoms with van der Waals surface area (Å²) in [5, 5.41) is 3.20. The van der Waals surface area contributed by atoms with Crippen LogP contribution in [0.2, 0.25) is 5.02 Å². The van der Waals surface area contributed by atoms with E-state index in [9.17, 15) is 14.4 Å². The third-order valence-electron chi connectivity index (χ3n) is 6.66. The van der Waals surface area contributed by atoms with Crippen molar-refractivity contribution < 1.29 is 23.9 Å². The molecule has 2 heterocycles. The minimum absolute atomic E-state index is 0.206. The van der Waals surface area contributed by atoms with Gasteiger partial charge in [0.25, 0.3) is 0 Å². The zero-order valence-electron chi connectivity index (χ0n) is 20.0. The van der Waals surface area contributed by atoms with Gasteiger partial charge in [-0.3, -0.25) is 9.59 Å². The van der Waals surface area contributed by atoms with Crippen molar-refractivity contribution in [3.05, 3.63) is 58.6 Å². The maximum absolute atomic E-state index is 12.7. The molecular weight excluding hydrogens is 470 g/mol. The van der Waals surface area contributed by atoms with Gasteiger partial charge in [0.2, 0.25) is 0 Å². The number of nitrogens with zero attached hydrogens (tertiary/aromatic N) is 2. The molecule has 2 aromatic rings. The summed E-state index contributed by atoms with van der Waals surface area (Å²) in [4.78, 5) is 40.8. The van der Waals surface area contributed by atoms with Gasteiger partial charge < -0.3 is 24.6 Å². The molecule has 9 heteroatoms. The number of piperidine rings is 1. The van der Waals surface area contributed by atoms with Crippen molar-refractivity contribution in [2.24, 2.45) is 0 Å². The highest BCUT2D eigenvalue weighted by Crippen LogP contribution is 2.32. The van der Waals surface area contributed by atoms with E-state index in [2.05, 4.69) is 17.1 Å². The highest BCUT2D eigenvalue weighted by molar-refractivity contribution is 6.40. The molecule has 2 aliphatic rings. The minimum atomic E-state index is -0.672. The van der Waals surface area contributed by atoms with E-state index in [1.807, 2.05) is 18.2 Å². The third kappa shape index (κ3) is 5.77. The number of hydrogen-bond acceptors (Lipinski definition) is 6. The summed E-state index contributed by atoms with van der Waals surface area (Å²) in [6.07, 6.45) is 1.49. The maximum atomic E-state index is 12.7. The van der Waals surface area contributed by atoms with Crippen LogP contribution in [0, 0.1) is 0 Å². The Morgan fingerprint density at radius 1 is 1.06 bits per heavy atom. The predicted octanol–water partition coefficient (Wildman–Crippen LogP) is 3.70. The van der Waals surface area contributed by atoms with Gasteiger partial charge in [0, 0.05) is 31.4 Å². The quantitative estimate of drug-likeness (QED) is 0.510. The van der Waals surface area contributed by atoms with E-state index in [0.29, 0.717) is 42.6 Å². The fourth-order valence-electron chi connectivity index (χ4n) is 4.66. The van der Waals surface area contributed by atoms with Gasteiger partial charge in [-0.25, -0.2) is 4.79 Å². The molecular formula is C26H30ClN3O5. The van der Waals surface area contributed by atoms with Gasteiger partial charge in [-0.2, -0.15) is 0 Å². The van der Waals surface area contributed by atoms with Crippen molar-refractivity contribution in [2.75, 3.05) is 50.2 Å². The van der Waals surface area contributed by atoms with Gasteiger partial charge in [-0.1, -0.05) is 23.7 Å². The van der Waals surface area contributed by atoms with Crippen LogP contribution in [0.3, 0.4) is 0 Å². The molecule has 0 spiro atoms. The van der Waals surface area contributed by atoms with Crippen LogP contribution < -0.4 is 10.2 Å². The van der Waals surface area contributed by atoms with Crippen molar-refractivity contribution in [2.45, 2.75) is 31.7 Å². The summed E-state index contributed by atoms with van der Waals surface area (Å²) in [5.74, 6) is -1.32. The first-order valence-corrected chi connectivity index (χ1v) is 12.2. The van der Waals surface area contributed by atoms with E-state index < -0.39 is 11.8 Å². The van der Waals surface area contributed by atoms with Gasteiger partial charge in [-0.05, 0) is 61.6 Å². The Morgan fingerprint density at radius 3 is 2.40 bits per heavy atom. The summed E-state index contributed by atoms with van der Waals surface area (Å²) in [6, 6.07) is 12.9. The van der Waals surface area contributed by atoms with E-state index in [4.69, 9.17) is 21.1 Å². The lowest BCUT2D eigenvalue weighted by Crippen LogP contribution is -2.44.